The van der Waals surface area contributed by atoms with Gasteiger partial charge < -0.3 is 0 Å². The molecule has 3 rings (SSSR count). The number of aryl methyl sites for hydroxylation is 1. The van der Waals surface area contributed by atoms with Gasteiger partial charge in [-0.25, -0.2) is 17.8 Å². The highest BCUT2D eigenvalue weighted by atomic mass is 32.2. The van der Waals surface area contributed by atoms with Gasteiger partial charge in [0.2, 0.25) is 10.0 Å². The lowest BCUT2D eigenvalue weighted by Gasteiger charge is -2.01. The Morgan fingerprint density at radius 1 is 1.27 bits per heavy atom. The summed E-state index contributed by atoms with van der Waals surface area (Å²) in [6.45, 7) is 0.0392. The molecule has 10 heteroatoms. The summed E-state index contributed by atoms with van der Waals surface area (Å²) in [5.41, 5.74) is 1.24. The molecule has 0 bridgehead atoms. The van der Waals surface area contributed by atoms with E-state index in [9.17, 15) is 8.42 Å². The first-order valence-electron chi connectivity index (χ1n) is 6.34. The van der Waals surface area contributed by atoms with Crippen LogP contribution in [0.3, 0.4) is 0 Å². The second kappa shape index (κ2) is 5.66. The maximum absolute atomic E-state index is 12.1. The van der Waals surface area contributed by atoms with E-state index in [4.69, 9.17) is 0 Å². The van der Waals surface area contributed by atoms with Crippen LogP contribution < -0.4 is 4.72 Å². The lowest BCUT2D eigenvalue weighted by molar-refractivity contribution is 0.580. The third-order valence-electron chi connectivity index (χ3n) is 2.89. The predicted octanol–water partition coefficient (Wildman–Crippen LogP) is -0.126. The molecule has 0 atom stereocenters. The van der Waals surface area contributed by atoms with E-state index in [2.05, 4.69) is 25.1 Å². The molecule has 0 aliphatic carbocycles. The normalized spacial score (nSPS) is 11.7. The van der Waals surface area contributed by atoms with Crippen molar-refractivity contribution in [2.75, 3.05) is 0 Å². The zero-order valence-electron chi connectivity index (χ0n) is 11.7. The lowest BCUT2D eigenvalue weighted by Crippen LogP contribution is -2.23. The maximum atomic E-state index is 12.1. The first-order chi connectivity index (χ1) is 10.5. The first-order valence-corrected chi connectivity index (χ1v) is 7.83. The van der Waals surface area contributed by atoms with Crippen molar-refractivity contribution in [3.63, 3.8) is 0 Å². The summed E-state index contributed by atoms with van der Waals surface area (Å²) in [7, 11) is -1.96. The monoisotopic (exact) mass is 319 g/mol. The van der Waals surface area contributed by atoms with E-state index in [0.717, 1.165) is 5.69 Å². The number of hydrogen-bond acceptors (Lipinski definition) is 6. The average Bonchev–Trinajstić information content (AvgIpc) is 3.15. The van der Waals surface area contributed by atoms with Crippen molar-refractivity contribution in [3.8, 4) is 5.69 Å². The van der Waals surface area contributed by atoms with E-state index in [0.29, 0.717) is 5.69 Å². The molecule has 0 aliphatic rings. The molecule has 3 aromatic heterocycles. The lowest BCUT2D eigenvalue weighted by atomic mass is 10.4. The van der Waals surface area contributed by atoms with Gasteiger partial charge in [0.25, 0.3) is 0 Å². The standard InChI is InChI=1S/C12H13N7O2S/c1-18-9-12(7-14-18)22(20,21)15-5-10-8-19(17-16-10)11-3-2-4-13-6-11/h2-4,6-9,15H,5H2,1H3. The molecule has 0 unspecified atom stereocenters. The fourth-order valence-corrected chi connectivity index (χ4v) is 2.77. The number of sulfonamides is 1. The van der Waals surface area contributed by atoms with Crippen LogP contribution in [-0.4, -0.2) is 38.2 Å². The predicted molar refractivity (Wildman–Crippen MR) is 76.4 cm³/mol. The van der Waals surface area contributed by atoms with Gasteiger partial charge >= 0.3 is 0 Å². The second-order valence-corrected chi connectivity index (χ2v) is 6.31. The highest BCUT2D eigenvalue weighted by Gasteiger charge is 2.16. The van der Waals surface area contributed by atoms with Crippen LogP contribution in [0.25, 0.3) is 5.69 Å². The molecule has 0 radical (unpaired) electrons. The van der Waals surface area contributed by atoms with Crippen LogP contribution in [0.4, 0.5) is 0 Å². The van der Waals surface area contributed by atoms with Gasteiger partial charge in [-0.3, -0.25) is 9.67 Å². The number of rotatable bonds is 5. The minimum Gasteiger partial charge on any atom is -0.274 e. The van der Waals surface area contributed by atoms with Crippen molar-refractivity contribution in [1.29, 1.82) is 0 Å². The third-order valence-corrected chi connectivity index (χ3v) is 4.24. The third kappa shape index (κ3) is 3.02. The van der Waals surface area contributed by atoms with Gasteiger partial charge in [0.05, 0.1) is 36.5 Å². The van der Waals surface area contributed by atoms with Crippen LogP contribution in [0, 0.1) is 0 Å². The van der Waals surface area contributed by atoms with Crippen molar-refractivity contribution in [2.24, 2.45) is 7.05 Å². The van der Waals surface area contributed by atoms with Crippen molar-refractivity contribution in [2.45, 2.75) is 11.4 Å². The highest BCUT2D eigenvalue weighted by molar-refractivity contribution is 7.89. The summed E-state index contributed by atoms with van der Waals surface area (Å²) in [6.07, 6.45) is 7.65. The molecule has 3 heterocycles. The van der Waals surface area contributed by atoms with E-state index in [1.807, 2.05) is 6.07 Å². The minimum atomic E-state index is -3.62. The maximum Gasteiger partial charge on any atom is 0.244 e. The Bertz CT molecular complexity index is 870. The summed E-state index contributed by atoms with van der Waals surface area (Å²) >= 11 is 0. The highest BCUT2D eigenvalue weighted by Crippen LogP contribution is 2.08. The second-order valence-electron chi connectivity index (χ2n) is 4.54. The Morgan fingerprint density at radius 2 is 2.14 bits per heavy atom. The Morgan fingerprint density at radius 3 is 2.82 bits per heavy atom. The molecular weight excluding hydrogens is 306 g/mol. The van der Waals surface area contributed by atoms with E-state index in [-0.39, 0.29) is 11.4 Å². The smallest absolute Gasteiger partial charge is 0.244 e. The first kappa shape index (κ1) is 14.4. The summed E-state index contributed by atoms with van der Waals surface area (Å²) in [5, 5.41) is 11.7. The Balaban J connectivity index is 1.71. The Kier molecular flexibility index (Phi) is 3.69. The number of nitrogens with one attached hydrogen (secondary N) is 1. The van der Waals surface area contributed by atoms with Gasteiger partial charge in [-0.05, 0) is 12.1 Å². The van der Waals surface area contributed by atoms with Gasteiger partial charge in [-0.2, -0.15) is 5.10 Å². The molecule has 0 fully saturated rings. The zero-order valence-corrected chi connectivity index (χ0v) is 12.5. The molecule has 22 heavy (non-hydrogen) atoms. The van der Waals surface area contributed by atoms with Crippen LogP contribution in [-0.2, 0) is 23.6 Å². The molecule has 0 amide bonds. The number of nitrogens with zero attached hydrogens (tertiary/aromatic N) is 6. The van der Waals surface area contributed by atoms with Crippen LogP contribution in [0.15, 0.2) is 48.0 Å². The van der Waals surface area contributed by atoms with E-state index >= 15 is 0 Å². The van der Waals surface area contributed by atoms with E-state index in [1.165, 1.54) is 21.8 Å². The Hall–Kier alpha value is -2.59. The molecule has 0 aromatic carbocycles. The molecule has 0 saturated heterocycles. The summed E-state index contributed by atoms with van der Waals surface area (Å²) in [4.78, 5) is 4.09. The van der Waals surface area contributed by atoms with Gasteiger partial charge in [-0.1, -0.05) is 5.21 Å². The summed E-state index contributed by atoms with van der Waals surface area (Å²) in [6, 6.07) is 3.60. The van der Waals surface area contributed by atoms with E-state index in [1.54, 1.807) is 31.7 Å². The summed E-state index contributed by atoms with van der Waals surface area (Å²) < 4.78 is 29.5. The van der Waals surface area contributed by atoms with Crippen molar-refractivity contribution in [3.05, 3.63) is 48.8 Å². The number of aromatic nitrogens is 6. The van der Waals surface area contributed by atoms with Crippen LogP contribution in [0.2, 0.25) is 0 Å². The summed E-state index contributed by atoms with van der Waals surface area (Å²) in [5.74, 6) is 0. The molecule has 0 aliphatic heterocycles. The van der Waals surface area contributed by atoms with E-state index < -0.39 is 10.0 Å². The topological polar surface area (TPSA) is 108 Å². The Labute approximate surface area is 126 Å². The fraction of sp³-hybridized carbons (Fsp3) is 0.167. The average molecular weight is 319 g/mol. The zero-order chi connectivity index (χ0) is 15.6. The molecule has 1 N–H and O–H groups in total. The van der Waals surface area contributed by atoms with Gasteiger partial charge in [-0.15, -0.1) is 5.10 Å². The van der Waals surface area contributed by atoms with Crippen molar-refractivity contribution >= 4 is 10.0 Å². The molecule has 0 spiro atoms. The van der Waals surface area contributed by atoms with Crippen LogP contribution in [0.5, 0.6) is 0 Å². The SMILES string of the molecule is Cn1cc(S(=O)(=O)NCc2cn(-c3cccnc3)nn2)cn1. The molecule has 9 nitrogen and oxygen atoms in total. The quantitative estimate of drug-likeness (QED) is 0.702. The fourth-order valence-electron chi connectivity index (χ4n) is 1.78. The van der Waals surface area contributed by atoms with Crippen LogP contribution in [0.1, 0.15) is 5.69 Å². The van der Waals surface area contributed by atoms with Gasteiger partial charge in [0, 0.05) is 19.4 Å². The van der Waals surface area contributed by atoms with Gasteiger partial charge in [0.1, 0.15) is 4.90 Å². The van der Waals surface area contributed by atoms with Crippen molar-refractivity contribution < 1.29 is 8.42 Å². The molecule has 0 saturated carbocycles. The van der Waals surface area contributed by atoms with Gasteiger partial charge in [0.15, 0.2) is 0 Å². The molecular formula is C12H13N7O2S. The molecule has 114 valence electrons. The molecule has 3 aromatic rings. The van der Waals surface area contributed by atoms with Crippen LogP contribution >= 0.6 is 0 Å². The van der Waals surface area contributed by atoms with Crippen molar-refractivity contribution in [1.82, 2.24) is 34.5 Å². The number of hydrogen-bond donors (Lipinski definition) is 1. The minimum absolute atomic E-state index is 0.0392. The largest absolute Gasteiger partial charge is 0.274 e. The number of pyridine rings is 1.